The zero-order valence-corrected chi connectivity index (χ0v) is 8.23. The van der Waals surface area contributed by atoms with Gasteiger partial charge in [0.25, 0.3) is 0 Å². The Morgan fingerprint density at radius 3 is 1.18 bits per heavy atom. The second-order valence-corrected chi connectivity index (χ2v) is 5.78. The van der Waals surface area contributed by atoms with Crippen molar-refractivity contribution < 1.29 is 0 Å². The molecule has 0 amide bonds. The van der Waals surface area contributed by atoms with Gasteiger partial charge in [-0.3, -0.25) is 0 Å². The van der Waals surface area contributed by atoms with Crippen molar-refractivity contribution in [1.82, 2.24) is 0 Å². The standard InChI is InChI=1S/C11H18/c1-6-7(2)10(4)8-9(6,3)11(8,10)5/h6-8H,1-5H3/t6?,7?,8?,9-,10-,11?/m1/s1. The van der Waals surface area contributed by atoms with Crippen molar-refractivity contribution in [2.24, 2.45) is 34.0 Å². The molecule has 4 rings (SSSR count). The van der Waals surface area contributed by atoms with E-state index in [1.807, 2.05) is 0 Å². The molecule has 0 aromatic rings. The van der Waals surface area contributed by atoms with Crippen LogP contribution in [0.4, 0.5) is 0 Å². The minimum Gasteiger partial charge on any atom is -0.0617 e. The summed E-state index contributed by atoms with van der Waals surface area (Å²) in [6.45, 7) is 12.4. The molecule has 4 aliphatic carbocycles. The zero-order valence-electron chi connectivity index (χ0n) is 8.23. The third kappa shape index (κ3) is 0.278. The van der Waals surface area contributed by atoms with Crippen molar-refractivity contribution in [2.45, 2.75) is 34.6 Å². The Labute approximate surface area is 69.4 Å². The van der Waals surface area contributed by atoms with E-state index in [9.17, 15) is 0 Å². The molecule has 0 N–H and O–H groups in total. The van der Waals surface area contributed by atoms with E-state index in [1.54, 1.807) is 0 Å². The number of hydrogen-bond donors (Lipinski definition) is 0. The average Bonchev–Trinajstić information content (AvgIpc) is 2.64. The lowest BCUT2D eigenvalue weighted by Crippen LogP contribution is -2.17. The maximum absolute atomic E-state index is 2.51. The Bertz CT molecular complexity index is 209. The van der Waals surface area contributed by atoms with Gasteiger partial charge in [-0.05, 0) is 34.0 Å². The maximum Gasteiger partial charge on any atom is -0.0167 e. The molecule has 2 bridgehead atoms. The molecule has 0 aliphatic heterocycles. The summed E-state index contributed by atoms with van der Waals surface area (Å²) in [5.74, 6) is 3.04. The highest BCUT2D eigenvalue weighted by molar-refractivity contribution is 5.49. The van der Waals surface area contributed by atoms with Gasteiger partial charge in [-0.15, -0.1) is 0 Å². The van der Waals surface area contributed by atoms with Crippen molar-refractivity contribution in [1.29, 1.82) is 0 Å². The molecule has 4 saturated carbocycles. The van der Waals surface area contributed by atoms with Gasteiger partial charge in [0.2, 0.25) is 0 Å². The molecule has 4 atom stereocenters. The highest BCUT2D eigenvalue weighted by Crippen LogP contribution is 3.06. The van der Waals surface area contributed by atoms with Crippen LogP contribution >= 0.6 is 0 Å². The van der Waals surface area contributed by atoms with Crippen LogP contribution in [-0.2, 0) is 0 Å². The SMILES string of the molecule is CC1C(C)[C@]2(C)C3C2(C)[C@]13C. The molecule has 0 heteroatoms. The van der Waals surface area contributed by atoms with Crippen LogP contribution in [0, 0.1) is 34.0 Å². The fourth-order valence-corrected chi connectivity index (χ4v) is 5.29. The van der Waals surface area contributed by atoms with E-state index in [0.717, 1.165) is 34.0 Å². The van der Waals surface area contributed by atoms with Crippen LogP contribution in [0.25, 0.3) is 0 Å². The molecule has 62 valence electrons. The lowest BCUT2D eigenvalue weighted by Gasteiger charge is -2.22. The summed E-state index contributed by atoms with van der Waals surface area (Å²) >= 11 is 0. The van der Waals surface area contributed by atoms with Gasteiger partial charge >= 0.3 is 0 Å². The summed E-state index contributed by atoms with van der Waals surface area (Å²) < 4.78 is 0. The topological polar surface area (TPSA) is 0 Å². The second kappa shape index (κ2) is 1.11. The monoisotopic (exact) mass is 150 g/mol. The van der Waals surface area contributed by atoms with E-state index < -0.39 is 0 Å². The normalized spacial score (nSPS) is 83.2. The van der Waals surface area contributed by atoms with E-state index in [1.165, 1.54) is 0 Å². The van der Waals surface area contributed by atoms with E-state index in [-0.39, 0.29) is 0 Å². The predicted molar refractivity (Wildman–Crippen MR) is 46.1 cm³/mol. The van der Waals surface area contributed by atoms with Crippen LogP contribution in [0.5, 0.6) is 0 Å². The number of fused-ring (bicyclic) bond motifs is 1. The van der Waals surface area contributed by atoms with Gasteiger partial charge in [0.05, 0.1) is 0 Å². The van der Waals surface area contributed by atoms with E-state index in [0.29, 0.717) is 0 Å². The summed E-state index contributed by atoms with van der Waals surface area (Å²) in [7, 11) is 0. The molecule has 2 unspecified atom stereocenters. The second-order valence-electron chi connectivity index (χ2n) is 5.78. The molecule has 0 radical (unpaired) electrons. The van der Waals surface area contributed by atoms with Crippen molar-refractivity contribution >= 4 is 0 Å². The Kier molecular flexibility index (Phi) is 0.657. The molecule has 11 heavy (non-hydrogen) atoms. The average molecular weight is 150 g/mol. The quantitative estimate of drug-likeness (QED) is 0.498. The number of rotatable bonds is 0. The van der Waals surface area contributed by atoms with Crippen LogP contribution in [0.3, 0.4) is 0 Å². The Morgan fingerprint density at radius 2 is 1.09 bits per heavy atom. The van der Waals surface area contributed by atoms with Crippen LogP contribution in [0.1, 0.15) is 34.6 Å². The van der Waals surface area contributed by atoms with Gasteiger partial charge in [-0.2, -0.15) is 0 Å². The van der Waals surface area contributed by atoms with Gasteiger partial charge in [0.15, 0.2) is 0 Å². The summed E-state index contributed by atoms with van der Waals surface area (Å²) in [4.78, 5) is 0. The Morgan fingerprint density at radius 1 is 0.818 bits per heavy atom. The third-order valence-corrected chi connectivity index (χ3v) is 6.49. The minimum atomic E-state index is 0.751. The molecule has 0 spiro atoms. The molecular weight excluding hydrogens is 132 g/mol. The minimum absolute atomic E-state index is 0.751. The summed E-state index contributed by atoms with van der Waals surface area (Å²) in [6, 6.07) is 0. The molecule has 0 aromatic heterocycles. The highest BCUT2D eigenvalue weighted by Gasteiger charge is 3.03. The van der Waals surface area contributed by atoms with Crippen LogP contribution in [0.2, 0.25) is 0 Å². The van der Waals surface area contributed by atoms with Crippen molar-refractivity contribution in [3.8, 4) is 0 Å². The van der Waals surface area contributed by atoms with Gasteiger partial charge < -0.3 is 0 Å². The smallest absolute Gasteiger partial charge is 0.0167 e. The van der Waals surface area contributed by atoms with Crippen molar-refractivity contribution in [3.63, 3.8) is 0 Å². The fourth-order valence-electron chi connectivity index (χ4n) is 5.29. The van der Waals surface area contributed by atoms with Crippen LogP contribution in [-0.4, -0.2) is 0 Å². The maximum atomic E-state index is 2.51. The van der Waals surface area contributed by atoms with Crippen LogP contribution < -0.4 is 0 Å². The van der Waals surface area contributed by atoms with Gasteiger partial charge in [0.1, 0.15) is 0 Å². The van der Waals surface area contributed by atoms with E-state index in [2.05, 4.69) is 34.6 Å². The zero-order chi connectivity index (χ0) is 8.23. The van der Waals surface area contributed by atoms with E-state index >= 15 is 0 Å². The highest BCUT2D eigenvalue weighted by atomic mass is 15.1. The van der Waals surface area contributed by atoms with Crippen molar-refractivity contribution in [2.75, 3.05) is 0 Å². The molecule has 4 aliphatic rings. The molecule has 0 aromatic carbocycles. The number of hydrogen-bond acceptors (Lipinski definition) is 0. The first kappa shape index (κ1) is 6.51. The molecule has 0 saturated heterocycles. The summed E-state index contributed by atoms with van der Waals surface area (Å²) in [5.41, 5.74) is 2.27. The predicted octanol–water partition coefficient (Wildman–Crippen LogP) is 2.93. The first-order valence-electron chi connectivity index (χ1n) is 4.93. The molecule has 0 nitrogen and oxygen atoms in total. The Balaban J connectivity index is 2.13. The van der Waals surface area contributed by atoms with Gasteiger partial charge in [-0.1, -0.05) is 34.6 Å². The van der Waals surface area contributed by atoms with Crippen molar-refractivity contribution in [3.05, 3.63) is 0 Å². The van der Waals surface area contributed by atoms with Crippen LogP contribution in [0.15, 0.2) is 0 Å². The van der Waals surface area contributed by atoms with Gasteiger partial charge in [0, 0.05) is 0 Å². The first-order valence-corrected chi connectivity index (χ1v) is 4.93. The Hall–Kier alpha value is 0. The lowest BCUT2D eigenvalue weighted by molar-refractivity contribution is 0.251. The van der Waals surface area contributed by atoms with Gasteiger partial charge in [-0.25, -0.2) is 0 Å². The summed E-state index contributed by atoms with van der Waals surface area (Å²) in [5, 5.41) is 0. The van der Waals surface area contributed by atoms with E-state index in [4.69, 9.17) is 0 Å². The lowest BCUT2D eigenvalue weighted by atomic mass is 9.82. The largest absolute Gasteiger partial charge is 0.0617 e. The summed E-state index contributed by atoms with van der Waals surface area (Å²) in [6.07, 6.45) is 0. The molecule has 4 fully saturated rings. The third-order valence-electron chi connectivity index (χ3n) is 6.49. The first-order chi connectivity index (χ1) is 4.93. The molecular formula is C11H18. The molecule has 0 heterocycles. The fraction of sp³-hybridized carbons (Fsp3) is 1.00.